The number of nitrogens with zero attached hydrogens (tertiary/aromatic N) is 1. The van der Waals surface area contributed by atoms with E-state index < -0.39 is 35.3 Å². The second kappa shape index (κ2) is 8.47. The number of carbonyl (C=O) groups is 3. The van der Waals surface area contributed by atoms with Crippen LogP contribution in [0.2, 0.25) is 0 Å². The van der Waals surface area contributed by atoms with E-state index in [0.717, 1.165) is 4.90 Å². The summed E-state index contributed by atoms with van der Waals surface area (Å²) in [5, 5.41) is 19.9. The predicted molar refractivity (Wildman–Crippen MR) is 115 cm³/mol. The van der Waals surface area contributed by atoms with E-state index in [2.05, 4.69) is 0 Å². The van der Waals surface area contributed by atoms with Gasteiger partial charge in [0.25, 0.3) is 11.7 Å². The van der Waals surface area contributed by atoms with E-state index in [1.807, 2.05) is 0 Å². The fourth-order valence-corrected chi connectivity index (χ4v) is 3.79. The summed E-state index contributed by atoms with van der Waals surface area (Å²) < 4.78 is 14.8. The lowest BCUT2D eigenvalue weighted by Gasteiger charge is -2.26. The smallest absolute Gasteiger partial charge is 0.307 e. The number of hydrogen-bond acceptors (Lipinski definition) is 4. The Kier molecular flexibility index (Phi) is 5.55. The van der Waals surface area contributed by atoms with Gasteiger partial charge >= 0.3 is 5.97 Å². The van der Waals surface area contributed by atoms with Crippen molar-refractivity contribution < 1.29 is 29.0 Å². The maximum Gasteiger partial charge on any atom is 0.307 e. The average molecular weight is 431 g/mol. The second-order valence-corrected chi connectivity index (χ2v) is 7.29. The Bertz CT molecular complexity index is 1230. The van der Waals surface area contributed by atoms with Crippen LogP contribution in [0.1, 0.15) is 22.7 Å². The van der Waals surface area contributed by atoms with Crippen LogP contribution in [-0.2, 0) is 20.8 Å². The molecule has 0 saturated carbocycles. The summed E-state index contributed by atoms with van der Waals surface area (Å²) in [4.78, 5) is 38.1. The van der Waals surface area contributed by atoms with E-state index in [4.69, 9.17) is 5.11 Å². The number of ketones is 1. The molecule has 6 nitrogen and oxygen atoms in total. The van der Waals surface area contributed by atoms with Gasteiger partial charge in [0.2, 0.25) is 0 Å². The average Bonchev–Trinajstić information content (AvgIpc) is 3.05. The van der Waals surface area contributed by atoms with Gasteiger partial charge in [0.1, 0.15) is 11.6 Å². The van der Waals surface area contributed by atoms with Gasteiger partial charge < -0.3 is 10.2 Å². The molecule has 2 N–H and O–H groups in total. The van der Waals surface area contributed by atoms with Gasteiger partial charge in [-0.2, -0.15) is 0 Å². The first-order valence-electron chi connectivity index (χ1n) is 9.80. The lowest BCUT2D eigenvalue weighted by Crippen LogP contribution is -2.29. The molecule has 32 heavy (non-hydrogen) atoms. The number of rotatable bonds is 5. The number of anilines is 1. The minimum Gasteiger partial charge on any atom is -0.507 e. The molecule has 1 fully saturated rings. The van der Waals surface area contributed by atoms with Gasteiger partial charge in [-0.1, -0.05) is 60.7 Å². The number of Topliss-reactive ketones (excluding diaryl/α,β-unsaturated/α-hetero) is 1. The molecule has 0 spiro atoms. The Hall–Kier alpha value is -4.26. The van der Waals surface area contributed by atoms with E-state index in [-0.39, 0.29) is 23.2 Å². The summed E-state index contributed by atoms with van der Waals surface area (Å²) in [6, 6.07) is 18.8. The highest BCUT2D eigenvalue weighted by Crippen LogP contribution is 2.42. The number of carbonyl (C=O) groups excluding carboxylic acids is 2. The first-order chi connectivity index (χ1) is 15.4. The maximum absolute atomic E-state index is 14.8. The second-order valence-electron chi connectivity index (χ2n) is 7.29. The van der Waals surface area contributed by atoms with Gasteiger partial charge in [-0.15, -0.1) is 0 Å². The van der Waals surface area contributed by atoms with Crippen molar-refractivity contribution in [1.29, 1.82) is 0 Å². The normalized spacial score (nSPS) is 17.5. The summed E-state index contributed by atoms with van der Waals surface area (Å²) in [6.45, 7) is 0. The summed E-state index contributed by atoms with van der Waals surface area (Å²) >= 11 is 0. The fourth-order valence-electron chi connectivity index (χ4n) is 3.79. The van der Waals surface area contributed by atoms with Crippen LogP contribution >= 0.6 is 0 Å². The van der Waals surface area contributed by atoms with Gasteiger partial charge in [0.15, 0.2) is 0 Å². The third-order valence-corrected chi connectivity index (χ3v) is 5.26. The van der Waals surface area contributed by atoms with Gasteiger partial charge in [-0.3, -0.25) is 19.3 Å². The van der Waals surface area contributed by atoms with Gasteiger partial charge in [-0.25, -0.2) is 4.39 Å². The van der Waals surface area contributed by atoms with Crippen molar-refractivity contribution in [3.8, 4) is 0 Å². The van der Waals surface area contributed by atoms with Gasteiger partial charge in [-0.05, 0) is 23.8 Å². The quantitative estimate of drug-likeness (QED) is 0.361. The van der Waals surface area contributed by atoms with Crippen molar-refractivity contribution in [1.82, 2.24) is 0 Å². The van der Waals surface area contributed by atoms with Crippen molar-refractivity contribution in [3.63, 3.8) is 0 Å². The molecule has 1 unspecified atom stereocenters. The molecule has 1 amide bonds. The van der Waals surface area contributed by atoms with Crippen molar-refractivity contribution in [2.45, 2.75) is 12.5 Å². The molecule has 3 aromatic rings. The van der Waals surface area contributed by atoms with E-state index >= 15 is 0 Å². The van der Waals surface area contributed by atoms with Crippen molar-refractivity contribution in [2.75, 3.05) is 4.90 Å². The van der Waals surface area contributed by atoms with Crippen LogP contribution in [0.5, 0.6) is 0 Å². The number of amides is 1. The highest BCUT2D eigenvalue weighted by atomic mass is 19.1. The van der Waals surface area contributed by atoms with Crippen LogP contribution in [-0.4, -0.2) is 27.9 Å². The number of carboxylic acids is 1. The third kappa shape index (κ3) is 3.76. The van der Waals surface area contributed by atoms with Crippen LogP contribution in [0.3, 0.4) is 0 Å². The molecule has 7 heteroatoms. The number of aliphatic hydroxyl groups excluding tert-OH is 1. The number of hydrogen-bond donors (Lipinski definition) is 2. The SMILES string of the molecule is O=C(O)Cc1ccc(N2C(=O)C(=O)/C(=C(/O)c3ccccc3)C2c2ccccc2F)cc1. The summed E-state index contributed by atoms with van der Waals surface area (Å²) in [5.41, 5.74) is 0.939. The van der Waals surface area contributed by atoms with Crippen molar-refractivity contribution in [2.24, 2.45) is 0 Å². The molecule has 1 saturated heterocycles. The molecule has 1 aliphatic heterocycles. The summed E-state index contributed by atoms with van der Waals surface area (Å²) in [7, 11) is 0. The van der Waals surface area contributed by atoms with Crippen LogP contribution in [0.15, 0.2) is 84.4 Å². The van der Waals surface area contributed by atoms with E-state index in [1.54, 1.807) is 36.4 Å². The lowest BCUT2D eigenvalue weighted by atomic mass is 9.94. The van der Waals surface area contributed by atoms with E-state index in [1.165, 1.54) is 42.5 Å². The Labute approximate surface area is 182 Å². The van der Waals surface area contributed by atoms with Crippen molar-refractivity contribution >= 4 is 29.1 Å². The minimum atomic E-state index is -1.19. The number of halogens is 1. The molecule has 1 heterocycles. The van der Waals surface area contributed by atoms with Crippen LogP contribution in [0, 0.1) is 5.82 Å². The van der Waals surface area contributed by atoms with Crippen LogP contribution < -0.4 is 4.90 Å². The molecule has 0 bridgehead atoms. The molecule has 4 rings (SSSR count). The largest absolute Gasteiger partial charge is 0.507 e. The highest BCUT2D eigenvalue weighted by Gasteiger charge is 2.47. The standard InChI is InChI=1S/C25H18FNO5/c26-19-9-5-4-8-18(19)22-21(23(30)16-6-2-1-3-7-16)24(31)25(32)27(22)17-12-10-15(11-13-17)14-20(28)29/h1-13,22,30H,14H2,(H,28,29)/b23-21+. The Morgan fingerprint density at radius 2 is 1.50 bits per heavy atom. The molecule has 160 valence electrons. The zero-order chi connectivity index (χ0) is 22.8. The van der Waals surface area contributed by atoms with E-state index in [9.17, 15) is 23.9 Å². The molecule has 1 atom stereocenters. The van der Waals surface area contributed by atoms with Crippen molar-refractivity contribution in [3.05, 3.63) is 107 Å². The zero-order valence-corrected chi connectivity index (χ0v) is 16.7. The van der Waals surface area contributed by atoms with Crippen LogP contribution in [0.25, 0.3) is 5.76 Å². The highest BCUT2D eigenvalue weighted by molar-refractivity contribution is 6.51. The molecule has 0 aromatic heterocycles. The summed E-state index contributed by atoms with van der Waals surface area (Å²) in [6.07, 6.45) is -0.205. The molecular formula is C25H18FNO5. The molecule has 1 aliphatic rings. The topological polar surface area (TPSA) is 94.9 Å². The lowest BCUT2D eigenvalue weighted by molar-refractivity contribution is -0.136. The third-order valence-electron chi connectivity index (χ3n) is 5.26. The zero-order valence-electron chi connectivity index (χ0n) is 16.7. The Morgan fingerprint density at radius 3 is 2.12 bits per heavy atom. The number of carboxylic acid groups (broad SMARTS) is 1. The first kappa shape index (κ1) is 21.0. The molecule has 0 radical (unpaired) electrons. The molecule has 3 aromatic carbocycles. The maximum atomic E-state index is 14.8. The molecular weight excluding hydrogens is 413 g/mol. The fraction of sp³-hybridized carbons (Fsp3) is 0.0800. The Balaban J connectivity index is 1.89. The number of benzene rings is 3. The van der Waals surface area contributed by atoms with Crippen LogP contribution in [0.4, 0.5) is 10.1 Å². The predicted octanol–water partition coefficient (Wildman–Crippen LogP) is 4.08. The van der Waals surface area contributed by atoms with Gasteiger partial charge in [0, 0.05) is 16.8 Å². The minimum absolute atomic E-state index is 0.0544. The Morgan fingerprint density at radius 1 is 0.875 bits per heavy atom. The number of aliphatic carboxylic acids is 1. The molecule has 0 aliphatic carbocycles. The number of aliphatic hydroxyl groups is 1. The van der Waals surface area contributed by atoms with E-state index in [0.29, 0.717) is 11.1 Å². The first-order valence-corrected chi connectivity index (χ1v) is 9.80. The summed E-state index contributed by atoms with van der Waals surface area (Å²) in [5.74, 6) is -3.89. The van der Waals surface area contributed by atoms with Gasteiger partial charge in [0.05, 0.1) is 18.0 Å². The monoisotopic (exact) mass is 431 g/mol.